The monoisotopic (exact) mass is 521 g/mol. The maximum Gasteiger partial charge on any atom is 0.271 e. The Morgan fingerprint density at radius 1 is 0.946 bits per heavy atom. The molecular formula is C29H32ClN3O4. The summed E-state index contributed by atoms with van der Waals surface area (Å²) >= 11 is 0. The number of imidazole rings is 1. The van der Waals surface area contributed by atoms with Gasteiger partial charge in [0.25, 0.3) is 5.91 Å². The predicted molar refractivity (Wildman–Crippen MR) is 146 cm³/mol. The van der Waals surface area contributed by atoms with E-state index < -0.39 is 12.1 Å². The summed E-state index contributed by atoms with van der Waals surface area (Å²) in [6.45, 7) is 2.48. The van der Waals surface area contributed by atoms with Gasteiger partial charge in [-0.3, -0.25) is 4.79 Å². The summed E-state index contributed by atoms with van der Waals surface area (Å²) in [5.41, 5.74) is 3.61. The molecule has 0 unspecified atom stereocenters. The molecular weight excluding hydrogens is 490 g/mol. The minimum atomic E-state index is -0.706. The number of carbonyl (C=O) groups excluding carboxylic acids is 1. The number of carbonyl (C=O) groups is 1. The van der Waals surface area contributed by atoms with E-state index in [9.17, 15) is 9.90 Å². The molecule has 4 aromatic rings. The molecule has 2 atom stereocenters. The number of aliphatic hydroxyl groups is 1. The topological polar surface area (TPSA) is 96.5 Å². The van der Waals surface area contributed by atoms with Crippen molar-refractivity contribution < 1.29 is 19.4 Å². The van der Waals surface area contributed by atoms with Gasteiger partial charge in [-0.1, -0.05) is 60.7 Å². The van der Waals surface area contributed by atoms with E-state index in [1.165, 1.54) is 18.1 Å². The van der Waals surface area contributed by atoms with Crippen LogP contribution in [0.15, 0.2) is 91.4 Å². The number of aliphatic hydroxyl groups excluding tert-OH is 1. The van der Waals surface area contributed by atoms with Gasteiger partial charge in [0, 0.05) is 6.20 Å². The number of para-hydroxylation sites is 1. The van der Waals surface area contributed by atoms with Crippen molar-refractivity contribution in [2.75, 3.05) is 13.2 Å². The average molecular weight is 522 g/mol. The summed E-state index contributed by atoms with van der Waals surface area (Å²) in [4.78, 5) is 19.1. The Labute approximate surface area is 223 Å². The zero-order chi connectivity index (χ0) is 25.2. The Bertz CT molecular complexity index is 1220. The average Bonchev–Trinajstić information content (AvgIpc) is 3.46. The maximum atomic E-state index is 12.3. The van der Waals surface area contributed by atoms with Crippen molar-refractivity contribution in [3.63, 3.8) is 0 Å². The molecule has 37 heavy (non-hydrogen) atoms. The van der Waals surface area contributed by atoms with Gasteiger partial charge in [-0.05, 0) is 54.7 Å². The van der Waals surface area contributed by atoms with Crippen molar-refractivity contribution in [1.29, 1.82) is 0 Å². The fourth-order valence-electron chi connectivity index (χ4n) is 3.91. The molecule has 0 saturated carbocycles. The van der Waals surface area contributed by atoms with Crippen molar-refractivity contribution in [1.82, 2.24) is 15.3 Å². The van der Waals surface area contributed by atoms with E-state index in [2.05, 4.69) is 27.4 Å². The van der Waals surface area contributed by atoms with E-state index >= 15 is 0 Å². The lowest BCUT2D eigenvalue weighted by Gasteiger charge is -2.21. The Hall–Kier alpha value is -3.81. The largest absolute Gasteiger partial charge is 0.490 e. The first-order chi connectivity index (χ1) is 17.6. The highest BCUT2D eigenvalue weighted by Crippen LogP contribution is 2.23. The van der Waals surface area contributed by atoms with Gasteiger partial charge in [-0.2, -0.15) is 0 Å². The summed E-state index contributed by atoms with van der Waals surface area (Å²) in [6.07, 6.45) is 3.45. The molecule has 1 heterocycles. The summed E-state index contributed by atoms with van der Waals surface area (Å²) in [7, 11) is 0. The first-order valence-corrected chi connectivity index (χ1v) is 12.1. The third-order valence-corrected chi connectivity index (χ3v) is 5.90. The minimum absolute atomic E-state index is 0. The van der Waals surface area contributed by atoms with Crippen LogP contribution in [0.4, 0.5) is 0 Å². The van der Waals surface area contributed by atoms with E-state index in [0.29, 0.717) is 31.7 Å². The number of amides is 1. The number of rotatable bonds is 12. The van der Waals surface area contributed by atoms with Gasteiger partial charge in [-0.25, -0.2) is 4.98 Å². The molecule has 0 fully saturated rings. The van der Waals surface area contributed by atoms with Gasteiger partial charge in [-0.15, -0.1) is 12.4 Å². The van der Waals surface area contributed by atoms with E-state index in [0.717, 1.165) is 22.6 Å². The SMILES string of the molecule is C[C@H](O)[C@@H](CCc1ccccc1OCCOc1ccc(-c2ccccc2)cc1)NC(=O)c1c[nH]cn1.Cl. The number of hydrogen-bond donors (Lipinski definition) is 3. The molecule has 194 valence electrons. The molecule has 7 nitrogen and oxygen atoms in total. The second kappa shape index (κ2) is 14.1. The van der Waals surface area contributed by atoms with Crippen LogP contribution in [0.25, 0.3) is 11.1 Å². The number of ether oxygens (including phenoxy) is 2. The molecule has 3 aromatic carbocycles. The zero-order valence-electron chi connectivity index (χ0n) is 20.7. The van der Waals surface area contributed by atoms with Crippen molar-refractivity contribution in [3.05, 3.63) is 103 Å². The molecule has 4 rings (SSSR count). The number of aromatic amines is 1. The molecule has 8 heteroatoms. The maximum absolute atomic E-state index is 12.3. The molecule has 0 saturated heterocycles. The second-order valence-electron chi connectivity index (χ2n) is 8.51. The lowest BCUT2D eigenvalue weighted by molar-refractivity contribution is 0.0846. The summed E-state index contributed by atoms with van der Waals surface area (Å²) in [5, 5.41) is 13.0. The van der Waals surface area contributed by atoms with Gasteiger partial charge in [0.05, 0.1) is 18.5 Å². The number of nitrogens with one attached hydrogen (secondary N) is 2. The van der Waals surface area contributed by atoms with Gasteiger partial charge in [0.1, 0.15) is 30.4 Å². The third-order valence-electron chi connectivity index (χ3n) is 5.90. The standard InChI is InChI=1S/C29H31N3O4.ClH/c1-21(33)26(32-29(34)27-19-30-20-31-27)16-13-24-9-5-6-10-28(24)36-18-17-35-25-14-11-23(12-15-25)22-7-3-2-4-8-22;/h2-12,14-15,19-21,26,33H,13,16-18H2,1H3,(H,30,31)(H,32,34);1H/t21-,26+;/m0./s1. The van der Waals surface area contributed by atoms with E-state index in [1.807, 2.05) is 66.7 Å². The summed E-state index contributed by atoms with van der Waals surface area (Å²) < 4.78 is 11.8. The molecule has 0 aliphatic rings. The van der Waals surface area contributed by atoms with Gasteiger partial charge < -0.3 is 24.9 Å². The smallest absolute Gasteiger partial charge is 0.271 e. The van der Waals surface area contributed by atoms with Crippen molar-refractivity contribution in [2.24, 2.45) is 0 Å². The number of halogens is 1. The quantitative estimate of drug-likeness (QED) is 0.226. The van der Waals surface area contributed by atoms with Crippen LogP contribution in [-0.4, -0.2) is 46.3 Å². The molecule has 3 N–H and O–H groups in total. The van der Waals surface area contributed by atoms with E-state index in [-0.39, 0.29) is 18.3 Å². The van der Waals surface area contributed by atoms with Crippen molar-refractivity contribution in [2.45, 2.75) is 31.9 Å². The number of nitrogens with zero attached hydrogens (tertiary/aromatic N) is 1. The first kappa shape index (κ1) is 27.8. The second-order valence-corrected chi connectivity index (χ2v) is 8.51. The van der Waals surface area contributed by atoms with Gasteiger partial charge >= 0.3 is 0 Å². The predicted octanol–water partition coefficient (Wildman–Crippen LogP) is 5.07. The Morgan fingerprint density at radius 3 is 2.32 bits per heavy atom. The highest BCUT2D eigenvalue weighted by molar-refractivity contribution is 5.92. The lowest BCUT2D eigenvalue weighted by atomic mass is 10.0. The van der Waals surface area contributed by atoms with Crippen molar-refractivity contribution >= 4 is 18.3 Å². The highest BCUT2D eigenvalue weighted by atomic mass is 35.5. The third kappa shape index (κ3) is 8.10. The molecule has 0 bridgehead atoms. The fraction of sp³-hybridized carbons (Fsp3) is 0.241. The lowest BCUT2D eigenvalue weighted by Crippen LogP contribution is -2.42. The van der Waals surface area contributed by atoms with Crippen molar-refractivity contribution in [3.8, 4) is 22.6 Å². The van der Waals surface area contributed by atoms with Crippen LogP contribution >= 0.6 is 12.4 Å². The number of benzene rings is 3. The Kier molecular flexibility index (Phi) is 10.6. The van der Waals surface area contributed by atoms with Crippen LogP contribution in [0.5, 0.6) is 11.5 Å². The van der Waals surface area contributed by atoms with Crippen LogP contribution in [-0.2, 0) is 6.42 Å². The summed E-state index contributed by atoms with van der Waals surface area (Å²) in [5.74, 6) is 1.24. The Balaban J connectivity index is 0.00000380. The molecule has 1 amide bonds. The van der Waals surface area contributed by atoms with Crippen LogP contribution in [0.3, 0.4) is 0 Å². The minimum Gasteiger partial charge on any atom is -0.490 e. The van der Waals surface area contributed by atoms with E-state index in [4.69, 9.17) is 9.47 Å². The van der Waals surface area contributed by atoms with Gasteiger partial charge in [0.2, 0.25) is 0 Å². The molecule has 0 spiro atoms. The van der Waals surface area contributed by atoms with Crippen LogP contribution in [0.2, 0.25) is 0 Å². The Morgan fingerprint density at radius 2 is 1.62 bits per heavy atom. The molecule has 0 radical (unpaired) electrons. The zero-order valence-corrected chi connectivity index (χ0v) is 21.5. The first-order valence-electron chi connectivity index (χ1n) is 12.1. The molecule has 0 aliphatic carbocycles. The van der Waals surface area contributed by atoms with Crippen LogP contribution in [0.1, 0.15) is 29.4 Å². The number of aromatic nitrogens is 2. The van der Waals surface area contributed by atoms with Crippen LogP contribution in [0, 0.1) is 0 Å². The molecule has 0 aliphatic heterocycles. The molecule has 1 aromatic heterocycles. The van der Waals surface area contributed by atoms with Gasteiger partial charge in [0.15, 0.2) is 0 Å². The van der Waals surface area contributed by atoms with Crippen LogP contribution < -0.4 is 14.8 Å². The normalized spacial score (nSPS) is 12.2. The number of hydrogen-bond acceptors (Lipinski definition) is 5. The van der Waals surface area contributed by atoms with E-state index in [1.54, 1.807) is 6.92 Å². The number of aryl methyl sites for hydroxylation is 1. The number of H-pyrrole nitrogens is 1. The highest BCUT2D eigenvalue weighted by Gasteiger charge is 2.20. The summed E-state index contributed by atoms with van der Waals surface area (Å²) in [6, 6.07) is 25.6. The fourth-order valence-corrected chi connectivity index (χ4v) is 3.91.